The van der Waals surface area contributed by atoms with E-state index < -0.39 is 5.60 Å². The molecule has 0 saturated carbocycles. The summed E-state index contributed by atoms with van der Waals surface area (Å²) in [5, 5.41) is 3.21. The minimum absolute atomic E-state index is 0.0406. The number of rotatable bonds is 2. The van der Waals surface area contributed by atoms with Gasteiger partial charge >= 0.3 is 6.09 Å². The second-order valence-corrected chi connectivity index (χ2v) is 8.48. The molecule has 2 aliphatic heterocycles. The minimum Gasteiger partial charge on any atom is -0.444 e. The van der Waals surface area contributed by atoms with Gasteiger partial charge in [0.25, 0.3) is 5.91 Å². The third-order valence-electron chi connectivity index (χ3n) is 4.94. The van der Waals surface area contributed by atoms with Crippen LogP contribution in [0.15, 0.2) is 24.4 Å². The Morgan fingerprint density at radius 3 is 2.76 bits per heavy atom. The van der Waals surface area contributed by atoms with Gasteiger partial charge in [-0.25, -0.2) is 14.8 Å². The molecule has 2 amide bonds. The average Bonchev–Trinajstić information content (AvgIpc) is 2.93. The first kappa shape index (κ1) is 19.2. The summed E-state index contributed by atoms with van der Waals surface area (Å²) in [4.78, 5) is 36.8. The lowest BCUT2D eigenvalue weighted by Crippen LogP contribution is -2.40. The van der Waals surface area contributed by atoms with Crippen molar-refractivity contribution in [3.05, 3.63) is 46.8 Å². The number of anilines is 2. The molecular weight excluding hydrogens is 370 g/mol. The highest BCUT2D eigenvalue weighted by atomic mass is 16.6. The Kier molecular flexibility index (Phi) is 4.64. The van der Waals surface area contributed by atoms with Crippen LogP contribution in [-0.4, -0.2) is 51.0 Å². The molecule has 2 aliphatic rings. The molecule has 1 aromatic heterocycles. The van der Waals surface area contributed by atoms with E-state index in [-0.39, 0.29) is 12.0 Å². The van der Waals surface area contributed by atoms with Gasteiger partial charge in [0.2, 0.25) is 5.95 Å². The van der Waals surface area contributed by atoms with Crippen molar-refractivity contribution in [1.82, 2.24) is 19.8 Å². The molecule has 3 heterocycles. The molecule has 8 nitrogen and oxygen atoms in total. The van der Waals surface area contributed by atoms with Crippen LogP contribution in [0.3, 0.4) is 0 Å². The Morgan fingerprint density at radius 2 is 2.00 bits per heavy atom. The zero-order chi connectivity index (χ0) is 20.8. The van der Waals surface area contributed by atoms with Gasteiger partial charge in [-0.2, -0.15) is 0 Å². The van der Waals surface area contributed by atoms with Crippen LogP contribution in [0, 0.1) is 0 Å². The summed E-state index contributed by atoms with van der Waals surface area (Å²) in [6.45, 7) is 7.15. The van der Waals surface area contributed by atoms with Gasteiger partial charge in [0.1, 0.15) is 5.60 Å². The van der Waals surface area contributed by atoms with Gasteiger partial charge in [-0.1, -0.05) is 0 Å². The Balaban J connectivity index is 1.49. The average molecular weight is 395 g/mol. The summed E-state index contributed by atoms with van der Waals surface area (Å²) in [5.41, 5.74) is 3.87. The van der Waals surface area contributed by atoms with E-state index in [1.807, 2.05) is 45.2 Å². The Bertz CT molecular complexity index is 983. The fraction of sp³-hybridized carbons (Fsp3) is 0.429. The SMILES string of the molecule is CN1Cc2cc(Nc3ncc4c(n3)CN(C(=O)OC(C)(C)C)CC4)ccc2C1=O. The lowest BCUT2D eigenvalue weighted by molar-refractivity contribution is 0.0220. The number of benzene rings is 1. The summed E-state index contributed by atoms with van der Waals surface area (Å²) in [6, 6.07) is 5.63. The van der Waals surface area contributed by atoms with E-state index in [9.17, 15) is 9.59 Å². The first-order valence-corrected chi connectivity index (χ1v) is 9.68. The van der Waals surface area contributed by atoms with Crippen LogP contribution in [-0.2, 0) is 24.2 Å². The molecule has 1 aromatic carbocycles. The fourth-order valence-electron chi connectivity index (χ4n) is 3.52. The number of nitrogens with one attached hydrogen (secondary N) is 1. The highest BCUT2D eigenvalue weighted by molar-refractivity contribution is 5.98. The minimum atomic E-state index is -0.529. The summed E-state index contributed by atoms with van der Waals surface area (Å²) in [6.07, 6.45) is 2.17. The standard InChI is InChI=1S/C21H25N5O3/c1-21(2,3)29-20(28)26-8-7-13-10-22-19(24-17(13)12-26)23-15-5-6-16-14(9-15)11-25(4)18(16)27/h5-6,9-10H,7-8,11-12H2,1-4H3,(H,22,23,24). The van der Waals surface area contributed by atoms with E-state index in [2.05, 4.69) is 15.3 Å². The van der Waals surface area contributed by atoms with Crippen molar-refractivity contribution >= 4 is 23.6 Å². The predicted octanol–water partition coefficient (Wildman–Crippen LogP) is 3.10. The molecular formula is C21H25N5O3. The van der Waals surface area contributed by atoms with Gasteiger partial charge < -0.3 is 19.9 Å². The molecule has 29 heavy (non-hydrogen) atoms. The highest BCUT2D eigenvalue weighted by Gasteiger charge is 2.27. The number of fused-ring (bicyclic) bond motifs is 2. The molecule has 0 atom stereocenters. The van der Waals surface area contributed by atoms with E-state index in [1.54, 1.807) is 16.8 Å². The number of carbonyl (C=O) groups excluding carboxylic acids is 2. The Labute approximate surface area is 169 Å². The molecule has 0 aliphatic carbocycles. The molecule has 0 saturated heterocycles. The summed E-state index contributed by atoms with van der Waals surface area (Å²) in [5.74, 6) is 0.506. The molecule has 0 fully saturated rings. The third kappa shape index (κ3) is 4.01. The van der Waals surface area contributed by atoms with Crippen LogP contribution >= 0.6 is 0 Å². The second-order valence-electron chi connectivity index (χ2n) is 8.48. The number of carbonyl (C=O) groups is 2. The lowest BCUT2D eigenvalue weighted by atomic mass is 10.1. The highest BCUT2D eigenvalue weighted by Crippen LogP contribution is 2.26. The zero-order valence-corrected chi connectivity index (χ0v) is 17.2. The van der Waals surface area contributed by atoms with E-state index in [0.29, 0.717) is 32.0 Å². The van der Waals surface area contributed by atoms with Gasteiger partial charge in [-0.15, -0.1) is 0 Å². The summed E-state index contributed by atoms with van der Waals surface area (Å²) >= 11 is 0. The van der Waals surface area contributed by atoms with Gasteiger partial charge in [0, 0.05) is 37.6 Å². The van der Waals surface area contributed by atoms with Crippen molar-refractivity contribution in [3.8, 4) is 0 Å². The van der Waals surface area contributed by atoms with Crippen molar-refractivity contribution in [2.24, 2.45) is 0 Å². The molecule has 8 heteroatoms. The van der Waals surface area contributed by atoms with Gasteiger partial charge in [0.05, 0.1) is 12.2 Å². The Hall–Kier alpha value is -3.16. The van der Waals surface area contributed by atoms with Crippen LogP contribution in [0.1, 0.15) is 48.0 Å². The maximum Gasteiger partial charge on any atom is 0.410 e. The molecule has 152 valence electrons. The third-order valence-corrected chi connectivity index (χ3v) is 4.94. The lowest BCUT2D eigenvalue weighted by Gasteiger charge is -2.30. The van der Waals surface area contributed by atoms with Crippen molar-refractivity contribution in [1.29, 1.82) is 0 Å². The normalized spacial score (nSPS) is 15.8. The van der Waals surface area contributed by atoms with E-state index >= 15 is 0 Å². The maximum atomic E-state index is 12.4. The van der Waals surface area contributed by atoms with Crippen LogP contribution in [0.2, 0.25) is 0 Å². The number of nitrogens with zero attached hydrogens (tertiary/aromatic N) is 4. The fourth-order valence-corrected chi connectivity index (χ4v) is 3.52. The predicted molar refractivity (Wildman–Crippen MR) is 108 cm³/mol. The number of aromatic nitrogens is 2. The largest absolute Gasteiger partial charge is 0.444 e. The molecule has 0 unspecified atom stereocenters. The number of ether oxygens (including phenoxy) is 1. The molecule has 4 rings (SSSR count). The van der Waals surface area contributed by atoms with Crippen LogP contribution < -0.4 is 5.32 Å². The molecule has 0 spiro atoms. The maximum absolute atomic E-state index is 12.4. The molecule has 0 bridgehead atoms. The smallest absolute Gasteiger partial charge is 0.410 e. The number of hydrogen-bond acceptors (Lipinski definition) is 6. The molecule has 0 radical (unpaired) electrons. The van der Waals surface area contributed by atoms with Crippen LogP contribution in [0.4, 0.5) is 16.4 Å². The van der Waals surface area contributed by atoms with Gasteiger partial charge in [-0.3, -0.25) is 4.79 Å². The van der Waals surface area contributed by atoms with Crippen LogP contribution in [0.25, 0.3) is 0 Å². The topological polar surface area (TPSA) is 87.7 Å². The van der Waals surface area contributed by atoms with E-state index in [0.717, 1.165) is 28.1 Å². The van der Waals surface area contributed by atoms with E-state index in [1.165, 1.54) is 0 Å². The molecule has 2 aromatic rings. The van der Waals surface area contributed by atoms with Crippen molar-refractivity contribution in [3.63, 3.8) is 0 Å². The zero-order valence-electron chi connectivity index (χ0n) is 17.2. The molecule has 1 N–H and O–H groups in total. The van der Waals surface area contributed by atoms with Gasteiger partial charge in [0.15, 0.2) is 0 Å². The summed E-state index contributed by atoms with van der Waals surface area (Å²) in [7, 11) is 1.79. The van der Waals surface area contributed by atoms with Crippen molar-refractivity contribution < 1.29 is 14.3 Å². The van der Waals surface area contributed by atoms with E-state index in [4.69, 9.17) is 4.74 Å². The van der Waals surface area contributed by atoms with Crippen molar-refractivity contribution in [2.75, 3.05) is 18.9 Å². The second kappa shape index (κ2) is 7.02. The van der Waals surface area contributed by atoms with Crippen molar-refractivity contribution in [2.45, 2.75) is 45.9 Å². The quantitative estimate of drug-likeness (QED) is 0.841. The number of amides is 2. The Morgan fingerprint density at radius 1 is 1.21 bits per heavy atom. The first-order valence-electron chi connectivity index (χ1n) is 9.68. The van der Waals surface area contributed by atoms with Gasteiger partial charge in [-0.05, 0) is 56.5 Å². The monoisotopic (exact) mass is 395 g/mol. The first-order chi connectivity index (χ1) is 13.7. The van der Waals surface area contributed by atoms with Crippen LogP contribution in [0.5, 0.6) is 0 Å². The number of hydrogen-bond donors (Lipinski definition) is 1. The summed E-state index contributed by atoms with van der Waals surface area (Å²) < 4.78 is 5.47.